The van der Waals surface area contributed by atoms with Crippen LogP contribution in [0.4, 0.5) is 0 Å². The van der Waals surface area contributed by atoms with Gasteiger partial charge in [-0.05, 0) is 36.1 Å². The number of aryl methyl sites for hydroxylation is 2. The fraction of sp³-hybridized carbons (Fsp3) is 0.333. The number of carbonyl (C=O) groups is 2. The Morgan fingerprint density at radius 3 is 1.19 bits per heavy atom. The smallest absolute Gasteiger partial charge is 0.335 e. The average molecular weight is 428 g/mol. The van der Waals surface area contributed by atoms with Gasteiger partial charge in [-0.15, -0.1) is 0 Å². The minimum Gasteiger partial charge on any atom is -0.478 e. The fourth-order valence-corrected chi connectivity index (χ4v) is 2.93. The number of rotatable bonds is 8. The van der Waals surface area contributed by atoms with E-state index in [1.807, 2.05) is 0 Å². The van der Waals surface area contributed by atoms with E-state index in [1.165, 1.54) is 0 Å². The second kappa shape index (κ2) is 11.1. The second-order valence-corrected chi connectivity index (χ2v) is 7.99. The Morgan fingerprint density at radius 1 is 0.731 bits per heavy atom. The summed E-state index contributed by atoms with van der Waals surface area (Å²) in [5.41, 5.74) is -1.13. The molecule has 136 valence electrons. The molecule has 0 heterocycles. The summed E-state index contributed by atoms with van der Waals surface area (Å²) >= 11 is 0. The van der Waals surface area contributed by atoms with Crippen LogP contribution in [0.25, 0.3) is 0 Å². The maximum atomic E-state index is 11.3. The SMILES string of the molecule is O=C(O)c1cc(CCS(=O)(=O)O)c(C(=O)O)cc1CCS(=O)(=O)O.[Na].[Na]. The molecule has 2 radical (unpaired) electrons. The van der Waals surface area contributed by atoms with Crippen LogP contribution in [0.2, 0.25) is 0 Å². The van der Waals surface area contributed by atoms with Crippen LogP contribution in [0.5, 0.6) is 0 Å². The normalized spacial score (nSPS) is 11.2. The van der Waals surface area contributed by atoms with E-state index in [1.54, 1.807) is 0 Å². The van der Waals surface area contributed by atoms with Crippen LogP contribution in [0.15, 0.2) is 12.1 Å². The van der Waals surface area contributed by atoms with Gasteiger partial charge in [-0.25, -0.2) is 9.59 Å². The molecular formula is C12H14Na2O10S2. The van der Waals surface area contributed by atoms with E-state index < -0.39 is 67.6 Å². The Kier molecular flexibility index (Phi) is 12.0. The molecule has 0 fully saturated rings. The van der Waals surface area contributed by atoms with Gasteiger partial charge in [-0.1, -0.05) is 0 Å². The zero-order chi connectivity index (χ0) is 18.7. The third-order valence-electron chi connectivity index (χ3n) is 3.05. The van der Waals surface area contributed by atoms with Gasteiger partial charge in [0.15, 0.2) is 0 Å². The average Bonchev–Trinajstić information content (AvgIpc) is 2.40. The fourth-order valence-electron chi connectivity index (χ4n) is 1.98. The minimum absolute atomic E-state index is 0. The van der Waals surface area contributed by atoms with Gasteiger partial charge in [0, 0.05) is 59.1 Å². The molecule has 0 saturated carbocycles. The standard InChI is InChI=1S/C12H14O10S2.2Na/c13-11(14)9-6-8(2-4-24(20,21)22)10(12(15)16)5-7(9)1-3-23(17,18)19;;/h5-6H,1-4H2,(H,13,14)(H,15,16)(H,17,18,19)(H,20,21,22);;. The summed E-state index contributed by atoms with van der Waals surface area (Å²) in [7, 11) is -8.78. The molecule has 1 aromatic carbocycles. The van der Waals surface area contributed by atoms with Crippen molar-refractivity contribution in [3.8, 4) is 0 Å². The first-order chi connectivity index (χ1) is 10.8. The Morgan fingerprint density at radius 2 is 1.00 bits per heavy atom. The van der Waals surface area contributed by atoms with E-state index in [9.17, 15) is 26.4 Å². The van der Waals surface area contributed by atoms with Gasteiger partial charge in [0.1, 0.15) is 0 Å². The van der Waals surface area contributed by atoms with Crippen LogP contribution >= 0.6 is 0 Å². The molecule has 0 amide bonds. The van der Waals surface area contributed by atoms with Crippen molar-refractivity contribution in [3.63, 3.8) is 0 Å². The Labute approximate surface area is 194 Å². The first-order valence-electron chi connectivity index (χ1n) is 6.33. The van der Waals surface area contributed by atoms with Gasteiger partial charge >= 0.3 is 11.9 Å². The molecule has 1 rings (SSSR count). The summed E-state index contributed by atoms with van der Waals surface area (Å²) in [5, 5.41) is 18.3. The van der Waals surface area contributed by atoms with Gasteiger partial charge in [-0.2, -0.15) is 16.8 Å². The van der Waals surface area contributed by atoms with Crippen molar-refractivity contribution in [1.29, 1.82) is 0 Å². The van der Waals surface area contributed by atoms with E-state index in [-0.39, 0.29) is 70.2 Å². The minimum atomic E-state index is -4.39. The number of hydrogen-bond donors (Lipinski definition) is 4. The summed E-state index contributed by atoms with van der Waals surface area (Å²) in [6.45, 7) is 0. The van der Waals surface area contributed by atoms with Crippen molar-refractivity contribution in [2.75, 3.05) is 11.5 Å². The summed E-state index contributed by atoms with van der Waals surface area (Å²) < 4.78 is 60.6. The molecule has 0 unspecified atom stereocenters. The molecule has 4 N–H and O–H groups in total. The molecule has 0 bridgehead atoms. The molecule has 0 aliphatic rings. The van der Waals surface area contributed by atoms with Gasteiger partial charge < -0.3 is 10.2 Å². The largest absolute Gasteiger partial charge is 0.478 e. The van der Waals surface area contributed by atoms with E-state index in [2.05, 4.69) is 0 Å². The van der Waals surface area contributed by atoms with E-state index in [0.29, 0.717) is 0 Å². The predicted molar refractivity (Wildman–Crippen MR) is 92.1 cm³/mol. The van der Waals surface area contributed by atoms with Crippen molar-refractivity contribution in [3.05, 3.63) is 34.4 Å². The van der Waals surface area contributed by atoms with Crippen molar-refractivity contribution in [2.24, 2.45) is 0 Å². The maximum absolute atomic E-state index is 11.3. The second-order valence-electron chi connectivity index (χ2n) is 4.85. The molecule has 0 atom stereocenters. The molecular weight excluding hydrogens is 414 g/mol. The van der Waals surface area contributed by atoms with Crippen molar-refractivity contribution in [2.45, 2.75) is 12.8 Å². The summed E-state index contributed by atoms with van der Waals surface area (Å²) in [5.74, 6) is -4.58. The summed E-state index contributed by atoms with van der Waals surface area (Å²) in [6.07, 6.45) is -0.890. The van der Waals surface area contributed by atoms with E-state index >= 15 is 0 Å². The van der Waals surface area contributed by atoms with Crippen LogP contribution in [0, 0.1) is 0 Å². The molecule has 1 aromatic rings. The molecule has 26 heavy (non-hydrogen) atoms. The predicted octanol–water partition coefficient (Wildman–Crippen LogP) is -0.818. The maximum Gasteiger partial charge on any atom is 0.335 e. The third kappa shape index (κ3) is 9.78. The van der Waals surface area contributed by atoms with Crippen LogP contribution in [0.1, 0.15) is 31.8 Å². The van der Waals surface area contributed by atoms with Gasteiger partial charge in [-0.3, -0.25) is 9.11 Å². The zero-order valence-corrected chi connectivity index (χ0v) is 19.7. The first kappa shape index (κ1) is 28.2. The summed E-state index contributed by atoms with van der Waals surface area (Å²) in [4.78, 5) is 22.5. The van der Waals surface area contributed by atoms with Crippen molar-refractivity contribution in [1.82, 2.24) is 0 Å². The van der Waals surface area contributed by atoms with E-state index in [0.717, 1.165) is 12.1 Å². The number of hydrogen-bond acceptors (Lipinski definition) is 6. The number of carboxylic acids is 2. The zero-order valence-electron chi connectivity index (χ0n) is 14.0. The van der Waals surface area contributed by atoms with Gasteiger partial charge in [0.25, 0.3) is 20.2 Å². The van der Waals surface area contributed by atoms with E-state index in [4.69, 9.17) is 19.3 Å². The third-order valence-corrected chi connectivity index (χ3v) is 4.49. The van der Waals surface area contributed by atoms with Crippen molar-refractivity contribution < 1.29 is 45.7 Å². The molecule has 10 nitrogen and oxygen atoms in total. The Hall–Kier alpha value is -0.0200. The molecule has 0 spiro atoms. The van der Waals surface area contributed by atoms with Gasteiger partial charge in [0.05, 0.1) is 22.6 Å². The van der Waals surface area contributed by atoms with Crippen LogP contribution < -0.4 is 0 Å². The monoisotopic (exact) mass is 428 g/mol. The van der Waals surface area contributed by atoms with Crippen LogP contribution in [-0.4, -0.2) is 119 Å². The first-order valence-corrected chi connectivity index (χ1v) is 9.54. The molecule has 0 aromatic heterocycles. The molecule has 14 heteroatoms. The molecule has 0 saturated heterocycles. The topological polar surface area (TPSA) is 183 Å². The van der Waals surface area contributed by atoms with Crippen molar-refractivity contribution >= 4 is 91.3 Å². The quantitative estimate of drug-likeness (QED) is 0.301. The number of aromatic carboxylic acids is 2. The van der Waals surface area contributed by atoms with Crippen LogP contribution in [0.3, 0.4) is 0 Å². The number of carboxylic acid groups (broad SMARTS) is 2. The summed E-state index contributed by atoms with van der Waals surface area (Å²) in [6, 6.07) is 1.83. The molecule has 0 aliphatic carbocycles. The Balaban J connectivity index is 0. The number of benzene rings is 1. The van der Waals surface area contributed by atoms with Gasteiger partial charge in [0.2, 0.25) is 0 Å². The van der Waals surface area contributed by atoms with Crippen LogP contribution in [-0.2, 0) is 33.1 Å². The Bertz CT molecular complexity index is 804. The molecule has 0 aliphatic heterocycles.